The predicted octanol–water partition coefficient (Wildman–Crippen LogP) is 3.08. The average molecular weight is 276 g/mol. The van der Waals surface area contributed by atoms with Crippen molar-refractivity contribution in [1.82, 2.24) is 9.80 Å². The molecule has 2 nitrogen and oxygen atoms in total. The highest BCUT2D eigenvalue weighted by Crippen LogP contribution is 2.46. The van der Waals surface area contributed by atoms with Crippen molar-refractivity contribution >= 4 is 0 Å². The quantitative estimate of drug-likeness (QED) is 0.765. The van der Waals surface area contributed by atoms with Crippen LogP contribution in [-0.2, 0) is 0 Å². The summed E-state index contributed by atoms with van der Waals surface area (Å²) in [4.78, 5) is 5.62. The van der Waals surface area contributed by atoms with Gasteiger partial charge in [-0.3, -0.25) is 4.90 Å². The molecule has 4 atom stereocenters. The molecule has 0 aromatic carbocycles. The molecule has 4 rings (SSSR count). The molecule has 4 fully saturated rings. The number of rotatable bonds is 2. The minimum atomic E-state index is 0.756. The molecule has 0 spiro atoms. The van der Waals surface area contributed by atoms with Crippen LogP contribution in [0.4, 0.5) is 0 Å². The van der Waals surface area contributed by atoms with Crippen LogP contribution in [-0.4, -0.2) is 48.1 Å². The van der Waals surface area contributed by atoms with Crippen molar-refractivity contribution in [1.29, 1.82) is 0 Å². The molecule has 4 unspecified atom stereocenters. The van der Waals surface area contributed by atoms with Crippen LogP contribution in [0.2, 0.25) is 0 Å². The van der Waals surface area contributed by atoms with Crippen molar-refractivity contribution in [2.45, 2.75) is 58.5 Å². The van der Waals surface area contributed by atoms with E-state index in [4.69, 9.17) is 0 Å². The Labute approximate surface area is 124 Å². The number of likely N-dealkylation sites (tertiary alicyclic amines) is 2. The zero-order chi connectivity index (χ0) is 13.9. The van der Waals surface area contributed by atoms with Gasteiger partial charge in [-0.05, 0) is 69.1 Å². The third kappa shape index (κ3) is 2.23. The van der Waals surface area contributed by atoms with Gasteiger partial charge in [0.1, 0.15) is 0 Å². The monoisotopic (exact) mass is 276 g/mol. The molecule has 2 saturated heterocycles. The summed E-state index contributed by atoms with van der Waals surface area (Å²) in [6, 6.07) is 1.70. The molecule has 0 bridgehead atoms. The van der Waals surface area contributed by atoms with E-state index in [-0.39, 0.29) is 0 Å². The molecule has 4 aliphatic rings. The normalized spacial score (nSPS) is 49.2. The van der Waals surface area contributed by atoms with E-state index < -0.39 is 0 Å². The molecule has 20 heavy (non-hydrogen) atoms. The lowest BCUT2D eigenvalue weighted by Crippen LogP contribution is -2.35. The van der Waals surface area contributed by atoms with Crippen LogP contribution in [0.5, 0.6) is 0 Å². The summed E-state index contributed by atoms with van der Waals surface area (Å²) in [6.45, 7) is 12.8. The molecule has 114 valence electrons. The minimum absolute atomic E-state index is 0.756. The second-order valence-electron chi connectivity index (χ2n) is 8.74. The van der Waals surface area contributed by atoms with E-state index in [9.17, 15) is 0 Å². The third-order valence-electron chi connectivity index (χ3n) is 7.02. The molecule has 2 saturated carbocycles. The first-order valence-electron chi connectivity index (χ1n) is 9.08. The lowest BCUT2D eigenvalue weighted by Gasteiger charge is -2.28. The van der Waals surface area contributed by atoms with Crippen molar-refractivity contribution in [3.63, 3.8) is 0 Å². The number of hydrogen-bond donors (Lipinski definition) is 0. The second-order valence-corrected chi connectivity index (χ2v) is 8.74. The molecule has 0 radical (unpaired) electrons. The number of nitrogens with zero attached hydrogens (tertiary/aromatic N) is 2. The Morgan fingerprint density at radius 2 is 1.25 bits per heavy atom. The molecule has 0 N–H and O–H groups in total. The van der Waals surface area contributed by atoms with Crippen LogP contribution in [0.25, 0.3) is 0 Å². The molecule has 2 heterocycles. The van der Waals surface area contributed by atoms with Crippen molar-refractivity contribution in [2.75, 3.05) is 26.2 Å². The Morgan fingerprint density at radius 3 is 1.75 bits per heavy atom. The van der Waals surface area contributed by atoms with Crippen LogP contribution in [0.15, 0.2) is 0 Å². The van der Waals surface area contributed by atoms with Crippen LogP contribution >= 0.6 is 0 Å². The lowest BCUT2D eigenvalue weighted by atomic mass is 10.0. The Balaban J connectivity index is 1.33. The summed E-state index contributed by atoms with van der Waals surface area (Å²) in [5.74, 6) is 5.15. The Hall–Kier alpha value is -0.0800. The van der Waals surface area contributed by atoms with Crippen LogP contribution in [0.1, 0.15) is 46.5 Å². The largest absolute Gasteiger partial charge is 0.300 e. The van der Waals surface area contributed by atoms with Gasteiger partial charge in [0.05, 0.1) is 0 Å². The van der Waals surface area contributed by atoms with E-state index in [0.717, 1.165) is 41.7 Å². The fraction of sp³-hybridized carbons (Fsp3) is 1.00. The van der Waals surface area contributed by atoms with Gasteiger partial charge >= 0.3 is 0 Å². The maximum atomic E-state index is 2.90. The van der Waals surface area contributed by atoms with Crippen molar-refractivity contribution in [3.05, 3.63) is 0 Å². The number of fused-ring (bicyclic) bond motifs is 2. The highest BCUT2D eigenvalue weighted by atomic mass is 15.2. The highest BCUT2D eigenvalue weighted by molar-refractivity contribution is 5.00. The molecule has 2 aliphatic heterocycles. The Bertz CT molecular complexity index is 338. The van der Waals surface area contributed by atoms with Crippen LogP contribution < -0.4 is 0 Å². The topological polar surface area (TPSA) is 6.48 Å². The van der Waals surface area contributed by atoms with Gasteiger partial charge in [-0.2, -0.15) is 0 Å². The first-order valence-corrected chi connectivity index (χ1v) is 9.08. The maximum Gasteiger partial charge on any atom is 0.0102 e. The molecule has 0 aromatic heterocycles. The van der Waals surface area contributed by atoms with E-state index in [1.165, 1.54) is 51.9 Å². The summed E-state index contributed by atoms with van der Waals surface area (Å²) >= 11 is 0. The first kappa shape index (κ1) is 13.6. The van der Waals surface area contributed by atoms with Gasteiger partial charge in [0.25, 0.3) is 0 Å². The van der Waals surface area contributed by atoms with Gasteiger partial charge in [-0.25, -0.2) is 0 Å². The first-order chi connectivity index (χ1) is 9.60. The van der Waals surface area contributed by atoms with E-state index >= 15 is 0 Å². The van der Waals surface area contributed by atoms with Crippen molar-refractivity contribution < 1.29 is 0 Å². The maximum absolute atomic E-state index is 2.90. The second kappa shape index (κ2) is 4.98. The summed E-state index contributed by atoms with van der Waals surface area (Å²) < 4.78 is 0. The summed E-state index contributed by atoms with van der Waals surface area (Å²) in [5.41, 5.74) is 0. The van der Waals surface area contributed by atoms with Gasteiger partial charge in [-0.1, -0.05) is 6.92 Å². The summed E-state index contributed by atoms with van der Waals surface area (Å²) in [5, 5.41) is 0. The Morgan fingerprint density at radius 1 is 0.750 bits per heavy atom. The molecule has 2 heteroatoms. The van der Waals surface area contributed by atoms with Crippen molar-refractivity contribution in [3.8, 4) is 0 Å². The molecule has 2 aliphatic carbocycles. The van der Waals surface area contributed by atoms with Crippen LogP contribution in [0, 0.1) is 29.6 Å². The van der Waals surface area contributed by atoms with Gasteiger partial charge in [-0.15, -0.1) is 0 Å². The molecular formula is C18H32N2. The lowest BCUT2D eigenvalue weighted by molar-refractivity contribution is 0.191. The smallest absolute Gasteiger partial charge is 0.0102 e. The zero-order valence-electron chi connectivity index (χ0n) is 13.6. The van der Waals surface area contributed by atoms with Crippen LogP contribution in [0.3, 0.4) is 0 Å². The standard InChI is InChI=1S/C18H32N2/c1-12(2)19-8-16-6-18(7-17(16)9-19)20-10-14-4-13(3)5-15(14)11-20/h12-18H,4-11H2,1-3H3. The molecular weight excluding hydrogens is 244 g/mol. The van der Waals surface area contributed by atoms with E-state index in [0.29, 0.717) is 0 Å². The fourth-order valence-electron chi connectivity index (χ4n) is 5.96. The van der Waals surface area contributed by atoms with Gasteiger partial charge in [0.15, 0.2) is 0 Å². The van der Waals surface area contributed by atoms with E-state index in [1.807, 2.05) is 0 Å². The molecule has 0 aromatic rings. The van der Waals surface area contributed by atoms with E-state index in [2.05, 4.69) is 30.6 Å². The van der Waals surface area contributed by atoms with Crippen molar-refractivity contribution in [2.24, 2.45) is 29.6 Å². The van der Waals surface area contributed by atoms with E-state index in [1.54, 1.807) is 0 Å². The Kier molecular flexibility index (Phi) is 3.38. The summed E-state index contributed by atoms with van der Waals surface area (Å²) in [7, 11) is 0. The zero-order valence-corrected chi connectivity index (χ0v) is 13.6. The number of hydrogen-bond acceptors (Lipinski definition) is 2. The third-order valence-corrected chi connectivity index (χ3v) is 7.02. The predicted molar refractivity (Wildman–Crippen MR) is 83.7 cm³/mol. The SMILES string of the molecule is CC1CC2CN(C3CC4CN(C(C)C)CC4C3)CC2C1. The average Bonchev–Trinajstić information content (AvgIpc) is 3.02. The summed E-state index contributed by atoms with van der Waals surface area (Å²) in [6.07, 6.45) is 6.04. The van der Waals surface area contributed by atoms with Gasteiger partial charge in [0, 0.05) is 38.3 Å². The van der Waals surface area contributed by atoms with Gasteiger partial charge in [0.2, 0.25) is 0 Å². The highest BCUT2D eigenvalue weighted by Gasteiger charge is 2.47. The fourth-order valence-corrected chi connectivity index (χ4v) is 5.96. The minimum Gasteiger partial charge on any atom is -0.300 e. The molecule has 0 amide bonds. The van der Waals surface area contributed by atoms with Gasteiger partial charge < -0.3 is 4.90 Å².